The topological polar surface area (TPSA) is 69.8 Å². The van der Waals surface area contributed by atoms with E-state index in [4.69, 9.17) is 4.52 Å². The fourth-order valence-electron chi connectivity index (χ4n) is 3.01. The van der Waals surface area contributed by atoms with Crippen LogP contribution in [0.3, 0.4) is 0 Å². The molecule has 0 radical (unpaired) electrons. The molecule has 2 aromatic heterocycles. The van der Waals surface area contributed by atoms with Gasteiger partial charge in [-0.2, -0.15) is 0 Å². The fourth-order valence-corrected chi connectivity index (χ4v) is 3.72. The molecule has 6 nitrogen and oxygen atoms in total. The molecule has 0 saturated carbocycles. The van der Waals surface area contributed by atoms with E-state index in [0.29, 0.717) is 26.1 Å². The van der Waals surface area contributed by atoms with Gasteiger partial charge in [0.2, 0.25) is 5.91 Å². The fraction of sp³-hybridized carbons (Fsp3) is 0.529. The molecule has 0 bridgehead atoms. The number of carbonyl (C=O) groups excluding carboxylic acids is 1. The summed E-state index contributed by atoms with van der Waals surface area (Å²) < 4.78 is 5.12. The highest BCUT2D eigenvalue weighted by molar-refractivity contribution is 7.10. The number of aliphatic hydroxyl groups excluding tert-OH is 1. The number of piperazine rings is 1. The van der Waals surface area contributed by atoms with Crippen molar-refractivity contribution in [3.8, 4) is 0 Å². The predicted molar refractivity (Wildman–Crippen MR) is 92.0 cm³/mol. The van der Waals surface area contributed by atoms with Crippen molar-refractivity contribution in [2.75, 3.05) is 32.7 Å². The summed E-state index contributed by atoms with van der Waals surface area (Å²) in [6, 6.07) is 3.91. The van der Waals surface area contributed by atoms with Gasteiger partial charge in [-0.3, -0.25) is 9.69 Å². The van der Waals surface area contributed by atoms with Crippen LogP contribution in [-0.2, 0) is 11.2 Å². The highest BCUT2D eigenvalue weighted by Gasteiger charge is 2.24. The van der Waals surface area contributed by atoms with Gasteiger partial charge in [-0.1, -0.05) is 11.2 Å². The summed E-state index contributed by atoms with van der Waals surface area (Å²) >= 11 is 1.57. The number of aliphatic hydroxyl groups is 1. The van der Waals surface area contributed by atoms with E-state index in [0.717, 1.165) is 35.0 Å². The van der Waals surface area contributed by atoms with Crippen LogP contribution in [0.1, 0.15) is 28.0 Å². The summed E-state index contributed by atoms with van der Waals surface area (Å²) in [4.78, 5) is 17.6. The van der Waals surface area contributed by atoms with E-state index < -0.39 is 6.10 Å². The highest BCUT2D eigenvalue weighted by atomic mass is 32.1. The largest absolute Gasteiger partial charge is 0.386 e. The molecular formula is C17H23N3O3S. The van der Waals surface area contributed by atoms with Crippen LogP contribution in [0.15, 0.2) is 22.0 Å². The molecule has 3 heterocycles. The Morgan fingerprint density at radius 2 is 2.12 bits per heavy atom. The highest BCUT2D eigenvalue weighted by Crippen LogP contribution is 2.20. The van der Waals surface area contributed by atoms with E-state index in [1.54, 1.807) is 11.3 Å². The van der Waals surface area contributed by atoms with Gasteiger partial charge in [-0.25, -0.2) is 0 Å². The zero-order valence-electron chi connectivity index (χ0n) is 14.1. The van der Waals surface area contributed by atoms with E-state index in [1.807, 2.05) is 36.3 Å². The number of thiophene rings is 1. The summed E-state index contributed by atoms with van der Waals surface area (Å²) in [6.45, 7) is 7.28. The Morgan fingerprint density at radius 1 is 1.38 bits per heavy atom. The van der Waals surface area contributed by atoms with Crippen LogP contribution in [0.2, 0.25) is 0 Å². The summed E-state index contributed by atoms with van der Waals surface area (Å²) in [5.74, 6) is 0.835. The Bertz CT molecular complexity index is 656. The number of β-amino-alcohol motifs (C(OH)–C–C–N with tert-alkyl or cyclic N) is 1. The normalized spacial score (nSPS) is 17.2. The first-order valence-corrected chi connectivity index (χ1v) is 9.06. The van der Waals surface area contributed by atoms with Crippen LogP contribution in [0.5, 0.6) is 0 Å². The maximum Gasteiger partial charge on any atom is 0.227 e. The molecule has 1 atom stereocenters. The Morgan fingerprint density at radius 3 is 2.71 bits per heavy atom. The Hall–Kier alpha value is -1.70. The summed E-state index contributed by atoms with van der Waals surface area (Å²) in [6.07, 6.45) is -0.103. The SMILES string of the molecule is Cc1noc(C)c1CC(=O)N1CCN(CC(O)c2cccs2)CC1. The van der Waals surface area contributed by atoms with Crippen LogP contribution < -0.4 is 0 Å². The molecule has 1 unspecified atom stereocenters. The first-order valence-electron chi connectivity index (χ1n) is 8.18. The van der Waals surface area contributed by atoms with Gasteiger partial charge in [0.25, 0.3) is 0 Å². The van der Waals surface area contributed by atoms with Gasteiger partial charge in [0.05, 0.1) is 12.1 Å². The molecule has 130 valence electrons. The van der Waals surface area contributed by atoms with Gasteiger partial charge in [-0.15, -0.1) is 11.3 Å². The number of hydrogen-bond acceptors (Lipinski definition) is 6. The molecule has 2 aromatic rings. The van der Waals surface area contributed by atoms with E-state index in [2.05, 4.69) is 10.1 Å². The maximum absolute atomic E-state index is 12.5. The average molecular weight is 349 g/mol. The zero-order valence-corrected chi connectivity index (χ0v) is 14.9. The zero-order chi connectivity index (χ0) is 17.1. The number of amides is 1. The molecule has 1 aliphatic rings. The Kier molecular flexibility index (Phi) is 5.33. The lowest BCUT2D eigenvalue weighted by Crippen LogP contribution is -2.50. The first-order chi connectivity index (χ1) is 11.5. The second kappa shape index (κ2) is 7.46. The lowest BCUT2D eigenvalue weighted by molar-refractivity contribution is -0.132. The summed E-state index contributed by atoms with van der Waals surface area (Å²) in [7, 11) is 0. The van der Waals surface area contributed by atoms with Gasteiger partial charge >= 0.3 is 0 Å². The van der Waals surface area contributed by atoms with Gasteiger partial charge in [0, 0.05) is 43.2 Å². The lowest BCUT2D eigenvalue weighted by atomic mass is 10.1. The van der Waals surface area contributed by atoms with Crippen molar-refractivity contribution in [1.82, 2.24) is 15.0 Å². The molecule has 1 fully saturated rings. The number of rotatable bonds is 5. The van der Waals surface area contributed by atoms with Gasteiger partial charge in [-0.05, 0) is 25.3 Å². The second-order valence-electron chi connectivity index (χ2n) is 6.19. The molecule has 3 rings (SSSR count). The molecule has 1 N–H and O–H groups in total. The van der Waals surface area contributed by atoms with Crippen molar-refractivity contribution >= 4 is 17.2 Å². The minimum atomic E-state index is -0.449. The van der Waals surface area contributed by atoms with E-state index in [1.165, 1.54) is 0 Å². The quantitative estimate of drug-likeness (QED) is 0.891. The monoisotopic (exact) mass is 349 g/mol. The molecule has 1 saturated heterocycles. The third-order valence-corrected chi connectivity index (χ3v) is 5.51. The number of aryl methyl sites for hydroxylation is 2. The molecule has 0 aliphatic carbocycles. The number of hydrogen-bond donors (Lipinski definition) is 1. The molecular weight excluding hydrogens is 326 g/mol. The third kappa shape index (κ3) is 3.85. The van der Waals surface area contributed by atoms with Crippen molar-refractivity contribution in [2.45, 2.75) is 26.4 Å². The first kappa shape index (κ1) is 17.1. The predicted octanol–water partition coefficient (Wildman–Crippen LogP) is 1.77. The minimum absolute atomic E-state index is 0.114. The van der Waals surface area contributed by atoms with E-state index in [9.17, 15) is 9.90 Å². The molecule has 1 aliphatic heterocycles. The molecule has 24 heavy (non-hydrogen) atoms. The number of nitrogens with zero attached hydrogens (tertiary/aromatic N) is 3. The van der Waals surface area contributed by atoms with Crippen LogP contribution >= 0.6 is 11.3 Å². The van der Waals surface area contributed by atoms with Crippen molar-refractivity contribution in [3.05, 3.63) is 39.4 Å². The molecule has 0 aromatic carbocycles. The van der Waals surface area contributed by atoms with E-state index in [-0.39, 0.29) is 5.91 Å². The number of carbonyl (C=O) groups is 1. The smallest absolute Gasteiger partial charge is 0.227 e. The van der Waals surface area contributed by atoms with Gasteiger partial charge < -0.3 is 14.5 Å². The standard InChI is InChI=1S/C17H23N3O3S/c1-12-14(13(2)23-18-12)10-17(22)20-7-5-19(6-8-20)11-15(21)16-4-3-9-24-16/h3-4,9,15,21H,5-8,10-11H2,1-2H3. The summed E-state index contributed by atoms with van der Waals surface area (Å²) in [5.41, 5.74) is 1.69. The van der Waals surface area contributed by atoms with Crippen LogP contribution in [0.4, 0.5) is 0 Å². The van der Waals surface area contributed by atoms with Crippen LogP contribution in [0, 0.1) is 13.8 Å². The second-order valence-corrected chi connectivity index (χ2v) is 7.17. The van der Waals surface area contributed by atoms with Crippen molar-refractivity contribution in [1.29, 1.82) is 0 Å². The van der Waals surface area contributed by atoms with Crippen molar-refractivity contribution in [2.24, 2.45) is 0 Å². The lowest BCUT2D eigenvalue weighted by Gasteiger charge is -2.35. The molecule has 1 amide bonds. The van der Waals surface area contributed by atoms with Crippen LogP contribution in [0.25, 0.3) is 0 Å². The Labute approximate surface area is 145 Å². The van der Waals surface area contributed by atoms with Crippen molar-refractivity contribution in [3.63, 3.8) is 0 Å². The van der Waals surface area contributed by atoms with E-state index >= 15 is 0 Å². The van der Waals surface area contributed by atoms with Crippen LogP contribution in [-0.4, -0.2) is 58.7 Å². The maximum atomic E-state index is 12.5. The average Bonchev–Trinajstić information content (AvgIpc) is 3.21. The van der Waals surface area contributed by atoms with Crippen molar-refractivity contribution < 1.29 is 14.4 Å². The molecule has 7 heteroatoms. The molecule has 0 spiro atoms. The minimum Gasteiger partial charge on any atom is -0.386 e. The van der Waals surface area contributed by atoms with Gasteiger partial charge in [0.1, 0.15) is 11.9 Å². The van der Waals surface area contributed by atoms with Gasteiger partial charge in [0.15, 0.2) is 0 Å². The summed E-state index contributed by atoms with van der Waals surface area (Å²) in [5, 5.41) is 16.1. The third-order valence-electron chi connectivity index (χ3n) is 4.54. The Balaban J connectivity index is 1.49. The number of aromatic nitrogens is 1.